The normalized spacial score (nSPS) is 17.9. The molecule has 0 saturated carbocycles. The summed E-state index contributed by atoms with van der Waals surface area (Å²) in [4.78, 5) is 32.6. The van der Waals surface area contributed by atoms with E-state index in [1.807, 2.05) is 30.3 Å². The number of benzene rings is 1. The molecule has 27 heavy (non-hydrogen) atoms. The van der Waals surface area contributed by atoms with Crippen LogP contribution in [-0.4, -0.2) is 41.0 Å². The van der Waals surface area contributed by atoms with Gasteiger partial charge < -0.3 is 20.3 Å². The van der Waals surface area contributed by atoms with Crippen LogP contribution in [0.3, 0.4) is 0 Å². The maximum absolute atomic E-state index is 11.8. The van der Waals surface area contributed by atoms with Crippen molar-refractivity contribution in [2.24, 2.45) is 11.7 Å². The molecule has 0 aliphatic carbocycles. The molecule has 1 saturated heterocycles. The second-order valence-electron chi connectivity index (χ2n) is 6.28. The topological polar surface area (TPSA) is 116 Å². The summed E-state index contributed by atoms with van der Waals surface area (Å²) in [5, 5.41) is 7.12. The van der Waals surface area contributed by atoms with Gasteiger partial charge in [-0.05, 0) is 18.4 Å². The minimum absolute atomic E-state index is 0.225. The molecular weight excluding hydrogens is 371 g/mol. The van der Waals surface area contributed by atoms with E-state index in [1.165, 1.54) is 13.8 Å². The van der Waals surface area contributed by atoms with Crippen molar-refractivity contribution in [2.75, 3.05) is 0 Å². The number of halogens is 3. The zero-order valence-electron chi connectivity index (χ0n) is 14.7. The molecule has 0 spiro atoms. The molecule has 2 rings (SSSR count). The van der Waals surface area contributed by atoms with Crippen molar-refractivity contribution in [2.45, 2.75) is 44.7 Å². The van der Waals surface area contributed by atoms with Gasteiger partial charge in [0.2, 0.25) is 0 Å². The van der Waals surface area contributed by atoms with Crippen molar-refractivity contribution < 1.29 is 42.1 Å². The van der Waals surface area contributed by atoms with Gasteiger partial charge >= 0.3 is 24.1 Å². The fourth-order valence-corrected chi connectivity index (χ4v) is 2.24. The van der Waals surface area contributed by atoms with Crippen LogP contribution in [0.1, 0.15) is 25.8 Å². The summed E-state index contributed by atoms with van der Waals surface area (Å²) in [5.74, 6) is -5.99. The van der Waals surface area contributed by atoms with Crippen LogP contribution in [0.4, 0.5) is 13.2 Å². The maximum atomic E-state index is 11.8. The molecule has 1 unspecified atom stereocenters. The van der Waals surface area contributed by atoms with Crippen LogP contribution in [0.5, 0.6) is 0 Å². The largest absolute Gasteiger partial charge is 0.490 e. The highest BCUT2D eigenvalue weighted by molar-refractivity contribution is 5.96. The van der Waals surface area contributed by atoms with Crippen molar-refractivity contribution >= 4 is 17.9 Å². The number of nitrogens with two attached hydrogens (primary N) is 1. The highest BCUT2D eigenvalue weighted by Crippen LogP contribution is 2.26. The molecule has 10 heteroatoms. The first-order valence-electron chi connectivity index (χ1n) is 7.87. The van der Waals surface area contributed by atoms with E-state index < -0.39 is 35.8 Å². The van der Waals surface area contributed by atoms with Crippen LogP contribution in [0.15, 0.2) is 30.3 Å². The smallest absolute Gasteiger partial charge is 0.475 e. The lowest BCUT2D eigenvalue weighted by Crippen LogP contribution is -2.48. The number of carbonyl (C=O) groups is 3. The first-order valence-corrected chi connectivity index (χ1v) is 7.87. The van der Waals surface area contributed by atoms with Crippen LogP contribution in [0.2, 0.25) is 0 Å². The number of carbonyl (C=O) groups excluding carboxylic acids is 2. The quantitative estimate of drug-likeness (QED) is 0.596. The summed E-state index contributed by atoms with van der Waals surface area (Å²) in [6.07, 6.45) is -4.26. The molecule has 1 aliphatic heterocycles. The van der Waals surface area contributed by atoms with Crippen molar-refractivity contribution in [3.63, 3.8) is 0 Å². The molecule has 0 bridgehead atoms. The number of hydrogen-bond acceptors (Lipinski definition) is 6. The fourth-order valence-electron chi connectivity index (χ4n) is 2.24. The minimum Gasteiger partial charge on any atom is -0.475 e. The minimum atomic E-state index is -5.08. The molecule has 1 aliphatic rings. The van der Waals surface area contributed by atoms with Gasteiger partial charge in [0.25, 0.3) is 5.79 Å². The number of esters is 2. The number of ether oxygens (including phenoxy) is 2. The number of carboxylic acid groups (broad SMARTS) is 1. The number of carboxylic acids is 1. The molecule has 1 atom stereocenters. The molecule has 150 valence electrons. The van der Waals surface area contributed by atoms with E-state index in [0.717, 1.165) is 5.56 Å². The molecule has 3 N–H and O–H groups in total. The molecule has 1 aromatic carbocycles. The standard InChI is InChI=1S/C15H19NO4.C2HF3O2/c1-15(2)19-13(17)12(14(18)20-15)9-11(16)8-10-6-4-3-5-7-10;3-2(4,5)1(6)7/h3-7,11-12H,8-9,16H2,1-2H3;(H,6,7). The summed E-state index contributed by atoms with van der Waals surface area (Å²) in [6, 6.07) is 9.39. The van der Waals surface area contributed by atoms with Gasteiger partial charge in [-0.25, -0.2) is 4.79 Å². The van der Waals surface area contributed by atoms with E-state index in [0.29, 0.717) is 6.42 Å². The number of hydrogen-bond donors (Lipinski definition) is 2. The third kappa shape index (κ3) is 7.65. The van der Waals surface area contributed by atoms with Gasteiger partial charge in [-0.2, -0.15) is 13.2 Å². The van der Waals surface area contributed by atoms with E-state index in [1.54, 1.807) is 0 Å². The Labute approximate surface area is 153 Å². The van der Waals surface area contributed by atoms with Crippen LogP contribution >= 0.6 is 0 Å². The Bertz CT molecular complexity index is 655. The molecule has 1 aromatic rings. The van der Waals surface area contributed by atoms with Gasteiger partial charge in [0, 0.05) is 19.9 Å². The molecule has 0 aromatic heterocycles. The van der Waals surface area contributed by atoms with Gasteiger partial charge in [0.1, 0.15) is 0 Å². The number of cyclic esters (lactones) is 2. The second kappa shape index (κ2) is 8.85. The van der Waals surface area contributed by atoms with Crippen LogP contribution in [0, 0.1) is 5.92 Å². The summed E-state index contributed by atoms with van der Waals surface area (Å²) >= 11 is 0. The predicted molar refractivity (Wildman–Crippen MR) is 86.2 cm³/mol. The van der Waals surface area contributed by atoms with E-state index in [9.17, 15) is 22.8 Å². The van der Waals surface area contributed by atoms with E-state index in [2.05, 4.69) is 0 Å². The predicted octanol–water partition coefficient (Wildman–Crippen LogP) is 2.03. The number of aliphatic carboxylic acids is 1. The van der Waals surface area contributed by atoms with Crippen LogP contribution in [0.25, 0.3) is 0 Å². The van der Waals surface area contributed by atoms with Gasteiger partial charge in [-0.1, -0.05) is 30.3 Å². The van der Waals surface area contributed by atoms with Crippen molar-refractivity contribution in [3.8, 4) is 0 Å². The number of alkyl halides is 3. The molecule has 0 amide bonds. The van der Waals surface area contributed by atoms with Crippen molar-refractivity contribution in [3.05, 3.63) is 35.9 Å². The molecule has 0 radical (unpaired) electrons. The Kier molecular flexibility index (Phi) is 7.35. The highest BCUT2D eigenvalue weighted by atomic mass is 19.4. The van der Waals surface area contributed by atoms with E-state index >= 15 is 0 Å². The Morgan fingerprint density at radius 1 is 1.19 bits per heavy atom. The zero-order chi connectivity index (χ0) is 20.8. The number of rotatable bonds is 4. The average molecular weight is 391 g/mol. The summed E-state index contributed by atoms with van der Waals surface area (Å²) in [6.45, 7) is 3.06. The first-order chi connectivity index (χ1) is 12.3. The lowest BCUT2D eigenvalue weighted by molar-refractivity contribution is -0.240. The summed E-state index contributed by atoms with van der Waals surface area (Å²) in [5.41, 5.74) is 7.08. The lowest BCUT2D eigenvalue weighted by Gasteiger charge is -2.33. The SMILES string of the molecule is CC1(C)OC(=O)C(CC(N)Cc2ccccc2)C(=O)O1.O=C(O)C(F)(F)F. The Morgan fingerprint density at radius 3 is 2.04 bits per heavy atom. The summed E-state index contributed by atoms with van der Waals surface area (Å²) in [7, 11) is 0. The van der Waals surface area contributed by atoms with Gasteiger partial charge in [-0.15, -0.1) is 0 Å². The third-order valence-corrected chi connectivity index (χ3v) is 3.38. The fraction of sp³-hybridized carbons (Fsp3) is 0.471. The van der Waals surface area contributed by atoms with Crippen LogP contribution in [-0.2, 0) is 30.3 Å². The molecule has 7 nitrogen and oxygen atoms in total. The maximum Gasteiger partial charge on any atom is 0.490 e. The average Bonchev–Trinajstić information content (AvgIpc) is 2.50. The van der Waals surface area contributed by atoms with E-state index in [4.69, 9.17) is 25.1 Å². The Balaban J connectivity index is 0.000000445. The summed E-state index contributed by atoms with van der Waals surface area (Å²) < 4.78 is 41.9. The Hall–Kier alpha value is -2.62. The monoisotopic (exact) mass is 391 g/mol. The van der Waals surface area contributed by atoms with Crippen molar-refractivity contribution in [1.29, 1.82) is 0 Å². The first kappa shape index (κ1) is 22.4. The van der Waals surface area contributed by atoms with Gasteiger partial charge in [0.15, 0.2) is 5.92 Å². The third-order valence-electron chi connectivity index (χ3n) is 3.38. The zero-order valence-corrected chi connectivity index (χ0v) is 14.7. The van der Waals surface area contributed by atoms with Crippen molar-refractivity contribution in [1.82, 2.24) is 0 Å². The molecular formula is C17H20F3NO6. The lowest BCUT2D eigenvalue weighted by atomic mass is 9.95. The second-order valence-corrected chi connectivity index (χ2v) is 6.28. The van der Waals surface area contributed by atoms with E-state index in [-0.39, 0.29) is 12.5 Å². The molecule has 1 fully saturated rings. The highest BCUT2D eigenvalue weighted by Gasteiger charge is 2.43. The molecule has 1 heterocycles. The Morgan fingerprint density at radius 2 is 1.63 bits per heavy atom. The van der Waals surface area contributed by atoms with Gasteiger partial charge in [0.05, 0.1) is 0 Å². The van der Waals surface area contributed by atoms with Crippen LogP contribution < -0.4 is 5.73 Å². The van der Waals surface area contributed by atoms with Gasteiger partial charge in [-0.3, -0.25) is 9.59 Å².